The Labute approximate surface area is 190 Å². The molecule has 4 heterocycles. The number of aromatic nitrogens is 5. The topological polar surface area (TPSA) is 92.4 Å². The van der Waals surface area contributed by atoms with Crippen molar-refractivity contribution in [3.05, 3.63) is 47.9 Å². The van der Waals surface area contributed by atoms with E-state index in [4.69, 9.17) is 0 Å². The summed E-state index contributed by atoms with van der Waals surface area (Å²) < 4.78 is 18.8. The number of aryl methyl sites for hydroxylation is 2. The van der Waals surface area contributed by atoms with Crippen molar-refractivity contribution in [3.8, 4) is 0 Å². The summed E-state index contributed by atoms with van der Waals surface area (Å²) in [5, 5.41) is 11.4. The average Bonchev–Trinajstić information content (AvgIpc) is 3.37. The van der Waals surface area contributed by atoms with Gasteiger partial charge in [0.05, 0.1) is 17.6 Å². The molecule has 0 aliphatic carbocycles. The van der Waals surface area contributed by atoms with Crippen molar-refractivity contribution in [2.45, 2.75) is 32.7 Å². The van der Waals surface area contributed by atoms with Crippen molar-refractivity contribution in [1.29, 1.82) is 0 Å². The van der Waals surface area contributed by atoms with Gasteiger partial charge < -0.3 is 19.9 Å². The maximum absolute atomic E-state index is 15.4. The van der Waals surface area contributed by atoms with E-state index in [0.29, 0.717) is 23.0 Å². The van der Waals surface area contributed by atoms with Crippen molar-refractivity contribution in [2.75, 3.05) is 29.9 Å². The molecule has 3 aromatic heterocycles. The van der Waals surface area contributed by atoms with Crippen LogP contribution in [0.5, 0.6) is 0 Å². The number of benzene rings is 1. The zero-order chi connectivity index (χ0) is 23.1. The number of fused-ring (bicyclic) bond motifs is 2. The summed E-state index contributed by atoms with van der Waals surface area (Å²) in [6, 6.07) is 1.94. The number of anilines is 2. The van der Waals surface area contributed by atoms with Crippen molar-refractivity contribution in [2.24, 2.45) is 7.05 Å². The smallest absolute Gasteiger partial charge is 0.262 e. The molecular weight excluding hydrogens is 423 g/mol. The maximum Gasteiger partial charge on any atom is 0.262 e. The van der Waals surface area contributed by atoms with Gasteiger partial charge in [0.1, 0.15) is 16.9 Å². The third-order valence-corrected chi connectivity index (χ3v) is 6.19. The largest absolute Gasteiger partial charge is 0.371 e. The number of rotatable bonds is 5. The Morgan fingerprint density at radius 2 is 2.06 bits per heavy atom. The van der Waals surface area contributed by atoms with Crippen LogP contribution in [-0.4, -0.2) is 55.7 Å². The number of carbonyl (C=O) groups excluding carboxylic acids is 1. The number of nitrogens with one attached hydrogen (secondary N) is 2. The highest BCUT2D eigenvalue weighted by molar-refractivity contribution is 6.14. The van der Waals surface area contributed by atoms with Gasteiger partial charge in [0.2, 0.25) is 0 Å². The van der Waals surface area contributed by atoms with Crippen LogP contribution in [0.1, 0.15) is 35.8 Å². The molecule has 5 rings (SSSR count). The van der Waals surface area contributed by atoms with Gasteiger partial charge in [0.25, 0.3) is 5.91 Å². The normalized spacial score (nSPS) is 15.0. The molecule has 1 aliphatic rings. The van der Waals surface area contributed by atoms with Crippen LogP contribution >= 0.6 is 0 Å². The number of hydrogen-bond donors (Lipinski definition) is 2. The first-order valence-corrected chi connectivity index (χ1v) is 11.2. The van der Waals surface area contributed by atoms with Gasteiger partial charge in [-0.2, -0.15) is 5.10 Å². The molecule has 1 aromatic carbocycles. The SMILES string of the molecule is CCNC1CCN(c2cc(F)c(C(=O)Nc3cn4ccnc(C)c4n3)c3nn(C)cc23)CC1. The Kier molecular flexibility index (Phi) is 5.45. The molecule has 1 fully saturated rings. The minimum absolute atomic E-state index is 0.0798. The standard InChI is InChI=1S/C23H27FN8O/c1-4-25-15-5-8-31(9-6-15)18-11-17(24)20(21-16(18)12-30(3)29-21)23(33)28-19-13-32-10-7-26-14(2)22(32)27-19/h7,10-13,15,25H,4-6,8-9H2,1-3H3,(H,28,33). The average molecular weight is 451 g/mol. The van der Waals surface area contributed by atoms with Crippen LogP contribution in [0.3, 0.4) is 0 Å². The summed E-state index contributed by atoms with van der Waals surface area (Å²) >= 11 is 0. The summed E-state index contributed by atoms with van der Waals surface area (Å²) in [7, 11) is 1.78. The van der Waals surface area contributed by atoms with Crippen LogP contribution in [0, 0.1) is 12.7 Å². The fourth-order valence-corrected chi connectivity index (χ4v) is 4.62. The van der Waals surface area contributed by atoms with Crippen LogP contribution in [0.4, 0.5) is 15.9 Å². The predicted molar refractivity (Wildman–Crippen MR) is 125 cm³/mol. The zero-order valence-corrected chi connectivity index (χ0v) is 19.0. The monoisotopic (exact) mass is 450 g/mol. The number of nitrogens with zero attached hydrogens (tertiary/aromatic N) is 6. The summed E-state index contributed by atoms with van der Waals surface area (Å²) in [4.78, 5) is 23.9. The highest BCUT2D eigenvalue weighted by Gasteiger charge is 2.26. The molecule has 33 heavy (non-hydrogen) atoms. The van der Waals surface area contributed by atoms with Gasteiger partial charge in [-0.25, -0.2) is 9.37 Å². The quantitative estimate of drug-likeness (QED) is 0.486. The fraction of sp³-hybridized carbons (Fsp3) is 0.391. The van der Waals surface area contributed by atoms with Crippen LogP contribution in [0.2, 0.25) is 0 Å². The second-order valence-corrected chi connectivity index (χ2v) is 8.46. The number of halogens is 1. The van der Waals surface area contributed by atoms with E-state index in [1.807, 2.05) is 13.1 Å². The second kappa shape index (κ2) is 8.43. The van der Waals surface area contributed by atoms with E-state index < -0.39 is 11.7 Å². The third kappa shape index (κ3) is 3.91. The Morgan fingerprint density at radius 3 is 2.79 bits per heavy atom. The highest BCUT2D eigenvalue weighted by atomic mass is 19.1. The number of amides is 1. The molecule has 10 heteroatoms. The Balaban J connectivity index is 1.47. The zero-order valence-electron chi connectivity index (χ0n) is 19.0. The summed E-state index contributed by atoms with van der Waals surface area (Å²) in [6.07, 6.45) is 8.90. The van der Waals surface area contributed by atoms with Crippen molar-refractivity contribution < 1.29 is 9.18 Å². The first-order valence-electron chi connectivity index (χ1n) is 11.2. The van der Waals surface area contributed by atoms with E-state index in [9.17, 15) is 4.79 Å². The minimum Gasteiger partial charge on any atom is -0.371 e. The molecule has 2 N–H and O–H groups in total. The van der Waals surface area contributed by atoms with Gasteiger partial charge >= 0.3 is 0 Å². The van der Waals surface area contributed by atoms with Crippen molar-refractivity contribution in [1.82, 2.24) is 29.5 Å². The Bertz CT molecular complexity index is 1340. The third-order valence-electron chi connectivity index (χ3n) is 6.19. The van der Waals surface area contributed by atoms with Crippen LogP contribution < -0.4 is 15.5 Å². The van der Waals surface area contributed by atoms with E-state index in [1.165, 1.54) is 6.07 Å². The van der Waals surface area contributed by atoms with Gasteiger partial charge in [-0.1, -0.05) is 6.92 Å². The van der Waals surface area contributed by atoms with E-state index in [2.05, 4.69) is 37.5 Å². The van der Waals surface area contributed by atoms with Crippen LogP contribution in [0.15, 0.2) is 30.9 Å². The van der Waals surface area contributed by atoms with E-state index in [1.54, 1.807) is 34.7 Å². The van der Waals surface area contributed by atoms with E-state index >= 15 is 4.39 Å². The molecule has 1 amide bonds. The molecule has 1 aliphatic heterocycles. The van der Waals surface area contributed by atoms with Gasteiger partial charge in [-0.15, -0.1) is 0 Å². The molecule has 172 valence electrons. The second-order valence-electron chi connectivity index (χ2n) is 8.46. The molecule has 0 unspecified atom stereocenters. The summed E-state index contributed by atoms with van der Waals surface area (Å²) in [6.45, 7) is 6.53. The first-order chi connectivity index (χ1) is 15.9. The highest BCUT2D eigenvalue weighted by Crippen LogP contribution is 2.33. The van der Waals surface area contributed by atoms with Crippen molar-refractivity contribution in [3.63, 3.8) is 0 Å². The lowest BCUT2D eigenvalue weighted by atomic mass is 10.0. The molecular formula is C23H27FN8O. The van der Waals surface area contributed by atoms with Gasteiger partial charge in [0, 0.05) is 50.2 Å². The lowest BCUT2D eigenvalue weighted by Crippen LogP contribution is -2.42. The maximum atomic E-state index is 15.4. The molecule has 0 atom stereocenters. The van der Waals surface area contributed by atoms with Crippen LogP contribution in [0.25, 0.3) is 16.6 Å². The predicted octanol–water partition coefficient (Wildman–Crippen LogP) is 2.89. The van der Waals surface area contributed by atoms with Gasteiger partial charge in [0.15, 0.2) is 11.5 Å². The molecule has 0 bridgehead atoms. The van der Waals surface area contributed by atoms with E-state index in [-0.39, 0.29) is 5.56 Å². The van der Waals surface area contributed by atoms with Gasteiger partial charge in [-0.05, 0) is 32.4 Å². The van der Waals surface area contributed by atoms with Gasteiger partial charge in [-0.3, -0.25) is 14.5 Å². The fourth-order valence-electron chi connectivity index (χ4n) is 4.62. The first kappa shape index (κ1) is 21.3. The molecule has 4 aromatic rings. The molecule has 0 radical (unpaired) electrons. The Morgan fingerprint density at radius 1 is 1.27 bits per heavy atom. The summed E-state index contributed by atoms with van der Waals surface area (Å²) in [5.74, 6) is -0.846. The molecule has 9 nitrogen and oxygen atoms in total. The number of carbonyl (C=O) groups is 1. The van der Waals surface area contributed by atoms with E-state index in [0.717, 1.165) is 49.2 Å². The van der Waals surface area contributed by atoms with Crippen LogP contribution in [-0.2, 0) is 7.05 Å². The Hall–Kier alpha value is -3.53. The molecule has 0 saturated carbocycles. The number of piperidine rings is 1. The summed E-state index contributed by atoms with van der Waals surface area (Å²) in [5.41, 5.74) is 2.41. The number of imidazole rings is 1. The molecule has 1 saturated heterocycles. The molecule has 0 spiro atoms. The lowest BCUT2D eigenvalue weighted by Gasteiger charge is -2.34. The minimum atomic E-state index is -0.593. The van der Waals surface area contributed by atoms with Crippen molar-refractivity contribution >= 4 is 34.0 Å². The number of hydrogen-bond acceptors (Lipinski definition) is 6. The lowest BCUT2D eigenvalue weighted by molar-refractivity contribution is 0.102.